The molecule has 0 amide bonds. The first-order valence-electron chi connectivity index (χ1n) is 3.73. The molecule has 0 saturated heterocycles. The minimum absolute atomic E-state index is 0.428. The number of hydrogen-bond donors (Lipinski definition) is 2. The Morgan fingerprint density at radius 1 is 1.64 bits per heavy atom. The lowest BCUT2D eigenvalue weighted by Gasteiger charge is -2.14. The Labute approximate surface area is 63.8 Å². The molecule has 1 atom stereocenters. The van der Waals surface area contributed by atoms with Gasteiger partial charge in [-0.05, 0) is 12.8 Å². The number of nitrogen functional groups attached to an aromatic ring is 1. The molecule has 11 heavy (non-hydrogen) atoms. The van der Waals surface area contributed by atoms with Crippen molar-refractivity contribution in [2.75, 3.05) is 5.73 Å². The number of halogens is 1. The topological polar surface area (TPSA) is 54.7 Å². The first kappa shape index (κ1) is 6.64. The zero-order valence-electron chi connectivity index (χ0n) is 6.10. The normalized spacial score (nSPS) is 23.2. The second-order valence-electron chi connectivity index (χ2n) is 2.91. The van der Waals surface area contributed by atoms with Crippen LogP contribution in [0.1, 0.15) is 17.7 Å². The summed E-state index contributed by atoms with van der Waals surface area (Å²) in [5.74, 6) is 0.461. The lowest BCUT2D eigenvalue weighted by Crippen LogP contribution is -2.14. The highest BCUT2D eigenvalue weighted by atomic mass is 19.1. The van der Waals surface area contributed by atoms with Gasteiger partial charge in [-0.15, -0.1) is 0 Å². The van der Waals surface area contributed by atoms with Gasteiger partial charge in [-0.2, -0.15) is 5.10 Å². The number of aryl methyl sites for hydroxylation is 1. The maximum Gasteiger partial charge on any atom is 0.148 e. The number of anilines is 1. The van der Waals surface area contributed by atoms with Gasteiger partial charge in [0.25, 0.3) is 0 Å². The summed E-state index contributed by atoms with van der Waals surface area (Å²) in [4.78, 5) is 0. The van der Waals surface area contributed by atoms with E-state index < -0.39 is 6.17 Å². The number of nitrogens with zero attached hydrogens (tertiary/aromatic N) is 1. The van der Waals surface area contributed by atoms with Crippen molar-refractivity contribution in [1.82, 2.24) is 10.2 Å². The number of rotatable bonds is 0. The first-order chi connectivity index (χ1) is 5.27. The van der Waals surface area contributed by atoms with Crippen LogP contribution in [0.15, 0.2) is 0 Å². The van der Waals surface area contributed by atoms with Gasteiger partial charge in [0, 0.05) is 17.7 Å². The predicted molar refractivity (Wildman–Crippen MR) is 39.9 cm³/mol. The van der Waals surface area contributed by atoms with Crippen LogP contribution in [0.4, 0.5) is 10.2 Å². The standard InChI is InChI=1S/C7H10FN3/c8-4-1-2-6-5(3-4)7(9)11-10-6/h4H,1-3H2,(H3,9,10,11)/t4-/m1/s1. The summed E-state index contributed by atoms with van der Waals surface area (Å²) in [5.41, 5.74) is 7.40. The van der Waals surface area contributed by atoms with Crippen molar-refractivity contribution >= 4 is 5.82 Å². The molecule has 1 aromatic heterocycles. The highest BCUT2D eigenvalue weighted by molar-refractivity contribution is 5.43. The Morgan fingerprint density at radius 3 is 3.27 bits per heavy atom. The average molecular weight is 155 g/mol. The minimum Gasteiger partial charge on any atom is -0.382 e. The molecule has 4 heteroatoms. The van der Waals surface area contributed by atoms with Crippen molar-refractivity contribution in [3.8, 4) is 0 Å². The van der Waals surface area contributed by atoms with E-state index in [4.69, 9.17) is 5.73 Å². The van der Waals surface area contributed by atoms with E-state index in [2.05, 4.69) is 10.2 Å². The lowest BCUT2D eigenvalue weighted by atomic mass is 9.96. The van der Waals surface area contributed by atoms with E-state index in [0.29, 0.717) is 18.7 Å². The summed E-state index contributed by atoms with van der Waals surface area (Å²) in [6.07, 6.45) is 1.02. The third kappa shape index (κ3) is 0.982. The maximum absolute atomic E-state index is 12.8. The van der Waals surface area contributed by atoms with E-state index in [1.165, 1.54) is 0 Å². The number of nitrogens with one attached hydrogen (secondary N) is 1. The minimum atomic E-state index is -0.734. The Hall–Kier alpha value is -1.06. The van der Waals surface area contributed by atoms with Gasteiger partial charge in [-0.25, -0.2) is 4.39 Å². The molecule has 0 saturated carbocycles. The SMILES string of the molecule is Nc1n[nH]c2c1C[C@H](F)CC2. The molecule has 0 aliphatic heterocycles. The van der Waals surface area contributed by atoms with Crippen LogP contribution in [-0.2, 0) is 12.8 Å². The molecule has 1 aliphatic carbocycles. The Morgan fingerprint density at radius 2 is 2.45 bits per heavy atom. The molecule has 0 bridgehead atoms. The van der Waals surface area contributed by atoms with Crippen LogP contribution < -0.4 is 5.73 Å². The van der Waals surface area contributed by atoms with E-state index in [0.717, 1.165) is 17.7 Å². The third-order valence-corrected chi connectivity index (χ3v) is 2.12. The van der Waals surface area contributed by atoms with Gasteiger partial charge >= 0.3 is 0 Å². The number of aromatic amines is 1. The molecule has 3 N–H and O–H groups in total. The maximum atomic E-state index is 12.8. The van der Waals surface area contributed by atoms with Crippen LogP contribution >= 0.6 is 0 Å². The van der Waals surface area contributed by atoms with Gasteiger partial charge in [-0.3, -0.25) is 5.10 Å². The number of H-pyrrole nitrogens is 1. The fourth-order valence-corrected chi connectivity index (χ4v) is 1.48. The molecule has 1 heterocycles. The van der Waals surface area contributed by atoms with Crippen LogP contribution in [0.2, 0.25) is 0 Å². The second kappa shape index (κ2) is 2.22. The zero-order valence-corrected chi connectivity index (χ0v) is 6.10. The van der Waals surface area contributed by atoms with Crippen molar-refractivity contribution in [3.63, 3.8) is 0 Å². The molecule has 1 aliphatic rings. The molecule has 0 unspecified atom stereocenters. The smallest absolute Gasteiger partial charge is 0.148 e. The Kier molecular flexibility index (Phi) is 1.34. The number of fused-ring (bicyclic) bond motifs is 1. The molecule has 0 spiro atoms. The molecule has 2 rings (SSSR count). The predicted octanol–water partition coefficient (Wildman–Crippen LogP) is 0.819. The molecule has 0 radical (unpaired) electrons. The van der Waals surface area contributed by atoms with Gasteiger partial charge in [0.05, 0.1) is 0 Å². The van der Waals surface area contributed by atoms with Gasteiger partial charge < -0.3 is 5.73 Å². The first-order valence-corrected chi connectivity index (χ1v) is 3.73. The van der Waals surface area contributed by atoms with E-state index >= 15 is 0 Å². The molecular weight excluding hydrogens is 145 g/mol. The lowest BCUT2D eigenvalue weighted by molar-refractivity contribution is 0.301. The van der Waals surface area contributed by atoms with Crippen LogP contribution in [0.25, 0.3) is 0 Å². The van der Waals surface area contributed by atoms with Crippen LogP contribution in [0, 0.1) is 0 Å². The summed E-state index contributed by atoms with van der Waals surface area (Å²) < 4.78 is 12.8. The van der Waals surface area contributed by atoms with Crippen molar-refractivity contribution in [3.05, 3.63) is 11.3 Å². The van der Waals surface area contributed by atoms with E-state index in [1.54, 1.807) is 0 Å². The molecule has 0 fully saturated rings. The fourth-order valence-electron chi connectivity index (χ4n) is 1.48. The summed E-state index contributed by atoms with van der Waals surface area (Å²) in [5, 5.41) is 6.62. The summed E-state index contributed by atoms with van der Waals surface area (Å²) in [6.45, 7) is 0. The highest BCUT2D eigenvalue weighted by Gasteiger charge is 2.21. The molecule has 60 valence electrons. The van der Waals surface area contributed by atoms with Crippen LogP contribution in [0.3, 0.4) is 0 Å². The highest BCUT2D eigenvalue weighted by Crippen LogP contribution is 2.24. The van der Waals surface area contributed by atoms with Gasteiger partial charge in [-0.1, -0.05) is 0 Å². The van der Waals surface area contributed by atoms with E-state index in [9.17, 15) is 4.39 Å². The Balaban J connectivity index is 2.37. The van der Waals surface area contributed by atoms with Gasteiger partial charge in [0.1, 0.15) is 12.0 Å². The number of nitrogens with two attached hydrogens (primary N) is 1. The molecular formula is C7H10FN3. The van der Waals surface area contributed by atoms with Crippen LogP contribution in [-0.4, -0.2) is 16.4 Å². The quantitative estimate of drug-likeness (QED) is 0.582. The van der Waals surface area contributed by atoms with Gasteiger partial charge in [0.2, 0.25) is 0 Å². The molecule has 3 nitrogen and oxygen atoms in total. The third-order valence-electron chi connectivity index (χ3n) is 2.12. The summed E-state index contributed by atoms with van der Waals surface area (Å²) in [6, 6.07) is 0. The summed E-state index contributed by atoms with van der Waals surface area (Å²) >= 11 is 0. The average Bonchev–Trinajstić information content (AvgIpc) is 2.33. The zero-order chi connectivity index (χ0) is 7.84. The second-order valence-corrected chi connectivity index (χ2v) is 2.91. The Bertz CT molecular complexity index is 269. The van der Waals surface area contributed by atoms with Crippen molar-refractivity contribution in [2.24, 2.45) is 0 Å². The fraction of sp³-hybridized carbons (Fsp3) is 0.571. The number of hydrogen-bond acceptors (Lipinski definition) is 2. The van der Waals surface area contributed by atoms with Gasteiger partial charge in [0.15, 0.2) is 0 Å². The van der Waals surface area contributed by atoms with Crippen molar-refractivity contribution < 1.29 is 4.39 Å². The molecule has 1 aromatic rings. The largest absolute Gasteiger partial charge is 0.382 e. The number of alkyl halides is 1. The van der Waals surface area contributed by atoms with E-state index in [-0.39, 0.29) is 0 Å². The number of aromatic nitrogens is 2. The monoisotopic (exact) mass is 155 g/mol. The van der Waals surface area contributed by atoms with Crippen LogP contribution in [0.5, 0.6) is 0 Å². The van der Waals surface area contributed by atoms with E-state index in [1.807, 2.05) is 0 Å². The van der Waals surface area contributed by atoms with Crippen molar-refractivity contribution in [2.45, 2.75) is 25.4 Å². The molecule has 0 aromatic carbocycles. The summed E-state index contributed by atoms with van der Waals surface area (Å²) in [7, 11) is 0. The van der Waals surface area contributed by atoms with Crippen molar-refractivity contribution in [1.29, 1.82) is 0 Å².